The van der Waals surface area contributed by atoms with Crippen molar-refractivity contribution in [3.63, 3.8) is 0 Å². The predicted octanol–water partition coefficient (Wildman–Crippen LogP) is 0.871. The zero-order chi connectivity index (χ0) is 12.8. The van der Waals surface area contributed by atoms with Gasteiger partial charge in [0.05, 0.1) is 11.8 Å². The van der Waals surface area contributed by atoms with Gasteiger partial charge in [0, 0.05) is 18.6 Å². The van der Waals surface area contributed by atoms with Crippen LogP contribution >= 0.6 is 11.3 Å². The maximum absolute atomic E-state index is 11.9. The van der Waals surface area contributed by atoms with Crippen molar-refractivity contribution in [3.05, 3.63) is 16.4 Å². The maximum atomic E-state index is 11.9. The fourth-order valence-corrected chi connectivity index (χ4v) is 2.89. The Balaban J connectivity index is 2.25. The van der Waals surface area contributed by atoms with Gasteiger partial charge in [0.1, 0.15) is 0 Å². The van der Waals surface area contributed by atoms with Crippen molar-refractivity contribution in [1.29, 1.82) is 0 Å². The summed E-state index contributed by atoms with van der Waals surface area (Å²) in [6, 6.07) is 0. The smallest absolute Gasteiger partial charge is 0.307 e. The number of aryl methyl sites for hydroxylation is 1. The number of rotatable bonds is 2. The highest BCUT2D eigenvalue weighted by Gasteiger charge is 2.66. The first-order valence-electron chi connectivity index (χ1n) is 5.27. The second-order valence-electron chi connectivity index (χ2n) is 4.86. The molecular weight excluding hydrogens is 240 g/mol. The summed E-state index contributed by atoms with van der Waals surface area (Å²) in [6.07, 6.45) is 1.81. The normalized spacial score (nSPS) is 26.9. The van der Waals surface area contributed by atoms with E-state index in [0.29, 0.717) is 4.80 Å². The second kappa shape index (κ2) is 3.80. The molecule has 0 unspecified atom stereocenters. The van der Waals surface area contributed by atoms with Crippen LogP contribution in [-0.2, 0) is 16.6 Å². The van der Waals surface area contributed by atoms with E-state index >= 15 is 0 Å². The van der Waals surface area contributed by atoms with Gasteiger partial charge in [-0.25, -0.2) is 0 Å². The molecule has 1 aliphatic carbocycles. The fraction of sp³-hybridized carbons (Fsp3) is 0.545. The molecule has 0 spiro atoms. The van der Waals surface area contributed by atoms with Crippen molar-refractivity contribution < 1.29 is 14.7 Å². The Morgan fingerprint density at radius 2 is 2.12 bits per heavy atom. The van der Waals surface area contributed by atoms with Gasteiger partial charge in [0.25, 0.3) is 5.91 Å². The van der Waals surface area contributed by atoms with E-state index in [9.17, 15) is 9.59 Å². The zero-order valence-corrected chi connectivity index (χ0v) is 10.7. The number of amides is 1. The lowest BCUT2D eigenvalue weighted by molar-refractivity contribution is -0.140. The third-order valence-corrected chi connectivity index (χ3v) is 4.17. The van der Waals surface area contributed by atoms with Gasteiger partial charge in [-0.05, 0) is 5.41 Å². The summed E-state index contributed by atoms with van der Waals surface area (Å²) in [5.74, 6) is -2.36. The van der Waals surface area contributed by atoms with E-state index in [4.69, 9.17) is 5.11 Å². The van der Waals surface area contributed by atoms with Crippen molar-refractivity contribution in [1.82, 2.24) is 4.57 Å². The molecule has 1 amide bonds. The number of carboxylic acid groups (broad SMARTS) is 1. The van der Waals surface area contributed by atoms with Crippen LogP contribution in [0.3, 0.4) is 0 Å². The van der Waals surface area contributed by atoms with Gasteiger partial charge in [-0.1, -0.05) is 13.8 Å². The summed E-state index contributed by atoms with van der Waals surface area (Å²) in [5.41, 5.74) is -0.484. The Labute approximate surface area is 102 Å². The molecule has 1 aromatic heterocycles. The Kier molecular flexibility index (Phi) is 2.69. The number of nitrogens with zero attached hydrogens (tertiary/aromatic N) is 2. The Morgan fingerprint density at radius 1 is 1.47 bits per heavy atom. The van der Waals surface area contributed by atoms with E-state index in [1.54, 1.807) is 25.5 Å². The van der Waals surface area contributed by atoms with Crippen LogP contribution in [0.1, 0.15) is 13.8 Å². The second-order valence-corrected chi connectivity index (χ2v) is 5.73. The number of aromatic nitrogens is 1. The van der Waals surface area contributed by atoms with Gasteiger partial charge < -0.3 is 9.67 Å². The minimum atomic E-state index is -0.917. The lowest BCUT2D eigenvalue weighted by Crippen LogP contribution is -2.15. The lowest BCUT2D eigenvalue weighted by Gasteiger charge is -1.97. The van der Waals surface area contributed by atoms with Crippen LogP contribution in [0.2, 0.25) is 0 Å². The minimum Gasteiger partial charge on any atom is -0.481 e. The predicted molar refractivity (Wildman–Crippen MR) is 62.3 cm³/mol. The summed E-state index contributed by atoms with van der Waals surface area (Å²) in [4.78, 5) is 27.5. The average molecular weight is 254 g/mol. The SMILES string of the molecule is Cn1ccsc1=NC(=O)[C@@H]1[C@H](C(=O)O)C1(C)C. The van der Waals surface area contributed by atoms with Crippen LogP contribution in [0.25, 0.3) is 0 Å². The Morgan fingerprint density at radius 3 is 2.53 bits per heavy atom. The number of aliphatic carboxylic acids is 1. The first-order valence-corrected chi connectivity index (χ1v) is 6.15. The largest absolute Gasteiger partial charge is 0.481 e. The number of thiazole rings is 1. The van der Waals surface area contributed by atoms with Crippen molar-refractivity contribution in [3.8, 4) is 0 Å². The van der Waals surface area contributed by atoms with Crippen LogP contribution in [-0.4, -0.2) is 21.6 Å². The first-order chi connectivity index (χ1) is 7.85. The van der Waals surface area contributed by atoms with Crippen LogP contribution in [0.5, 0.6) is 0 Å². The summed E-state index contributed by atoms with van der Waals surface area (Å²) in [7, 11) is 1.80. The van der Waals surface area contributed by atoms with Crippen LogP contribution < -0.4 is 4.80 Å². The molecule has 1 aliphatic rings. The summed E-state index contributed by atoms with van der Waals surface area (Å²) in [5, 5.41) is 10.8. The van der Waals surface area contributed by atoms with E-state index in [2.05, 4.69) is 4.99 Å². The standard InChI is InChI=1S/C11H14N2O3S/c1-11(2)6(7(11)9(15)16)8(14)12-10-13(3)4-5-17-10/h4-7H,1-3H3,(H,15,16)/t6-,7+/m0/s1. The third kappa shape index (κ3) is 1.93. The van der Waals surface area contributed by atoms with Gasteiger partial charge >= 0.3 is 5.97 Å². The summed E-state index contributed by atoms with van der Waals surface area (Å²) < 4.78 is 1.74. The molecule has 0 aliphatic heterocycles. The highest BCUT2D eigenvalue weighted by Crippen LogP contribution is 2.58. The van der Waals surface area contributed by atoms with Crippen molar-refractivity contribution >= 4 is 23.2 Å². The molecule has 0 aromatic carbocycles. The number of hydrogen-bond acceptors (Lipinski definition) is 3. The molecule has 1 saturated carbocycles. The highest BCUT2D eigenvalue weighted by molar-refractivity contribution is 7.07. The van der Waals surface area contributed by atoms with E-state index in [1.165, 1.54) is 11.3 Å². The molecule has 92 valence electrons. The molecule has 1 heterocycles. The summed E-state index contributed by atoms with van der Waals surface area (Å²) in [6.45, 7) is 3.58. The summed E-state index contributed by atoms with van der Waals surface area (Å²) >= 11 is 1.36. The van der Waals surface area contributed by atoms with Crippen LogP contribution in [0, 0.1) is 17.3 Å². The third-order valence-electron chi connectivity index (χ3n) is 3.32. The molecule has 1 aromatic rings. The van der Waals surface area contributed by atoms with Crippen molar-refractivity contribution in [2.24, 2.45) is 29.3 Å². The monoisotopic (exact) mass is 254 g/mol. The maximum Gasteiger partial charge on any atom is 0.307 e. The zero-order valence-electron chi connectivity index (χ0n) is 9.88. The number of carbonyl (C=O) groups excluding carboxylic acids is 1. The molecule has 17 heavy (non-hydrogen) atoms. The quantitative estimate of drug-likeness (QED) is 0.851. The molecule has 1 fully saturated rings. The number of hydrogen-bond donors (Lipinski definition) is 1. The fourth-order valence-electron chi connectivity index (χ4n) is 2.16. The van der Waals surface area contributed by atoms with Gasteiger partial charge in [0.15, 0.2) is 4.80 Å². The number of carboxylic acids is 1. The number of carbonyl (C=O) groups is 2. The average Bonchev–Trinajstić information content (AvgIpc) is 2.58. The van der Waals surface area contributed by atoms with Gasteiger partial charge in [0.2, 0.25) is 0 Å². The highest BCUT2D eigenvalue weighted by atomic mass is 32.1. The molecule has 0 bridgehead atoms. The van der Waals surface area contributed by atoms with Gasteiger partial charge in [-0.15, -0.1) is 11.3 Å². The Bertz CT molecular complexity index is 541. The van der Waals surface area contributed by atoms with E-state index in [1.807, 2.05) is 11.6 Å². The van der Waals surface area contributed by atoms with Gasteiger partial charge in [-0.3, -0.25) is 9.59 Å². The van der Waals surface area contributed by atoms with E-state index < -0.39 is 23.2 Å². The first kappa shape index (κ1) is 12.0. The molecule has 0 saturated heterocycles. The topological polar surface area (TPSA) is 71.7 Å². The van der Waals surface area contributed by atoms with E-state index in [0.717, 1.165) is 0 Å². The van der Waals surface area contributed by atoms with Crippen LogP contribution in [0.15, 0.2) is 16.6 Å². The van der Waals surface area contributed by atoms with Crippen molar-refractivity contribution in [2.75, 3.05) is 0 Å². The molecule has 1 N–H and O–H groups in total. The minimum absolute atomic E-state index is 0.333. The lowest BCUT2D eigenvalue weighted by atomic mass is 10.1. The molecule has 2 rings (SSSR count). The molecule has 5 nitrogen and oxygen atoms in total. The molecule has 2 atom stereocenters. The molecular formula is C11H14N2O3S. The van der Waals surface area contributed by atoms with Crippen molar-refractivity contribution in [2.45, 2.75) is 13.8 Å². The van der Waals surface area contributed by atoms with Crippen LogP contribution in [0.4, 0.5) is 0 Å². The molecule has 0 radical (unpaired) electrons. The van der Waals surface area contributed by atoms with Gasteiger partial charge in [-0.2, -0.15) is 4.99 Å². The van der Waals surface area contributed by atoms with E-state index in [-0.39, 0.29) is 5.91 Å². The molecule has 6 heteroatoms. The Hall–Kier alpha value is -1.43.